The van der Waals surface area contributed by atoms with Crippen molar-refractivity contribution in [2.75, 3.05) is 19.0 Å². The van der Waals surface area contributed by atoms with Crippen molar-refractivity contribution in [2.24, 2.45) is 0 Å². The number of ether oxygens (including phenoxy) is 1. The van der Waals surface area contributed by atoms with Gasteiger partial charge in [0.2, 0.25) is 0 Å². The van der Waals surface area contributed by atoms with E-state index in [4.69, 9.17) is 4.74 Å². The molecule has 1 rings (SSSR count). The van der Waals surface area contributed by atoms with Gasteiger partial charge >= 0.3 is 0 Å². The first kappa shape index (κ1) is 15.5. The normalized spacial score (nSPS) is 12.7. The first-order valence-corrected chi connectivity index (χ1v) is 7.44. The lowest BCUT2D eigenvalue weighted by atomic mass is 10.3. The van der Waals surface area contributed by atoms with Gasteiger partial charge in [-0.1, -0.05) is 13.3 Å². The molecule has 0 spiro atoms. The van der Waals surface area contributed by atoms with E-state index in [1.807, 2.05) is 19.1 Å². The van der Waals surface area contributed by atoms with Crippen molar-refractivity contribution in [2.45, 2.75) is 44.7 Å². The van der Waals surface area contributed by atoms with Gasteiger partial charge in [0, 0.05) is 18.1 Å². The van der Waals surface area contributed by atoms with Gasteiger partial charge in [-0.05, 0) is 38.0 Å². The molecule has 0 fully saturated rings. The van der Waals surface area contributed by atoms with Crippen LogP contribution in [0.3, 0.4) is 0 Å². The summed E-state index contributed by atoms with van der Waals surface area (Å²) < 4.78 is 5.39. The summed E-state index contributed by atoms with van der Waals surface area (Å²) in [5, 5.41) is 10.7. The van der Waals surface area contributed by atoms with E-state index >= 15 is 0 Å². The molecule has 0 saturated heterocycles. The second-order valence-electron chi connectivity index (χ2n) is 4.52. The monoisotopic (exact) mass is 269 g/mol. The maximum absolute atomic E-state index is 9.77. The number of aliphatic hydroxyl groups is 1. The van der Waals surface area contributed by atoms with Crippen LogP contribution in [-0.2, 0) is 4.74 Å². The van der Waals surface area contributed by atoms with E-state index in [9.17, 15) is 5.11 Å². The van der Waals surface area contributed by atoms with Crippen LogP contribution in [0.1, 0.15) is 31.0 Å². The van der Waals surface area contributed by atoms with Crippen LogP contribution in [0.4, 0.5) is 0 Å². The van der Waals surface area contributed by atoms with Crippen LogP contribution in [0.25, 0.3) is 0 Å². The zero-order valence-electron chi connectivity index (χ0n) is 11.5. The summed E-state index contributed by atoms with van der Waals surface area (Å²) in [7, 11) is 0. The third-order valence-electron chi connectivity index (χ3n) is 2.45. The molecule has 1 atom stereocenters. The Morgan fingerprint density at radius 1 is 1.39 bits per heavy atom. The smallest absolute Gasteiger partial charge is 0.0966 e. The summed E-state index contributed by atoms with van der Waals surface area (Å²) in [5.41, 5.74) is 2.23. The lowest BCUT2D eigenvalue weighted by molar-refractivity contribution is 0.0473. The molecule has 18 heavy (non-hydrogen) atoms. The minimum absolute atomic E-state index is 0.414. The van der Waals surface area contributed by atoms with E-state index in [0.29, 0.717) is 12.4 Å². The van der Waals surface area contributed by atoms with Crippen molar-refractivity contribution in [1.29, 1.82) is 0 Å². The minimum atomic E-state index is -0.422. The van der Waals surface area contributed by atoms with Crippen LogP contribution < -0.4 is 0 Å². The number of nitrogens with zero attached hydrogens (tertiary/aromatic N) is 1. The summed E-state index contributed by atoms with van der Waals surface area (Å²) in [4.78, 5) is 4.43. The van der Waals surface area contributed by atoms with E-state index in [1.54, 1.807) is 11.8 Å². The molecule has 0 saturated carbocycles. The molecule has 1 aromatic heterocycles. The predicted octanol–water partition coefficient (Wildman–Crippen LogP) is 2.97. The van der Waals surface area contributed by atoms with Crippen molar-refractivity contribution in [3.8, 4) is 0 Å². The van der Waals surface area contributed by atoms with Crippen molar-refractivity contribution < 1.29 is 9.84 Å². The van der Waals surface area contributed by atoms with Crippen molar-refractivity contribution in [3.05, 3.63) is 23.4 Å². The number of hydrogen-bond donors (Lipinski definition) is 1. The zero-order valence-corrected chi connectivity index (χ0v) is 12.3. The summed E-state index contributed by atoms with van der Waals surface area (Å²) >= 11 is 1.58. The van der Waals surface area contributed by atoms with E-state index in [-0.39, 0.29) is 0 Å². The van der Waals surface area contributed by atoms with E-state index in [2.05, 4.69) is 18.8 Å². The highest BCUT2D eigenvalue weighted by Gasteiger charge is 2.06. The van der Waals surface area contributed by atoms with E-state index < -0.39 is 6.10 Å². The lowest BCUT2D eigenvalue weighted by Crippen LogP contribution is -2.18. The number of aryl methyl sites for hydroxylation is 2. The van der Waals surface area contributed by atoms with Gasteiger partial charge in [0.25, 0.3) is 0 Å². The molecule has 0 amide bonds. The average molecular weight is 269 g/mol. The second-order valence-corrected chi connectivity index (χ2v) is 5.56. The molecular weight excluding hydrogens is 246 g/mol. The molecular formula is C14H23NO2S. The number of rotatable bonds is 8. The first-order valence-electron chi connectivity index (χ1n) is 6.45. The van der Waals surface area contributed by atoms with Crippen LogP contribution in [0, 0.1) is 13.8 Å². The molecule has 0 aliphatic rings. The Balaban J connectivity index is 2.26. The first-order chi connectivity index (χ1) is 8.61. The molecule has 1 unspecified atom stereocenters. The molecule has 1 N–H and O–H groups in total. The highest BCUT2D eigenvalue weighted by molar-refractivity contribution is 7.99. The van der Waals surface area contributed by atoms with Gasteiger partial charge in [0.05, 0.1) is 17.7 Å². The zero-order chi connectivity index (χ0) is 13.4. The molecule has 0 aliphatic carbocycles. The maximum atomic E-state index is 9.77. The quantitative estimate of drug-likeness (QED) is 0.582. The molecule has 0 aromatic carbocycles. The van der Waals surface area contributed by atoms with Crippen molar-refractivity contribution in [3.63, 3.8) is 0 Å². The average Bonchev–Trinajstić information content (AvgIpc) is 2.31. The highest BCUT2D eigenvalue weighted by Crippen LogP contribution is 2.18. The van der Waals surface area contributed by atoms with Crippen molar-refractivity contribution >= 4 is 11.8 Å². The molecule has 0 radical (unpaired) electrons. The molecule has 0 aliphatic heterocycles. The summed E-state index contributed by atoms with van der Waals surface area (Å²) in [6.07, 6.45) is 1.75. The fourth-order valence-corrected chi connectivity index (χ4v) is 2.51. The Bertz CT molecular complexity index is 337. The highest BCUT2D eigenvalue weighted by atomic mass is 32.2. The van der Waals surface area contributed by atoms with Gasteiger partial charge in [-0.2, -0.15) is 0 Å². The lowest BCUT2D eigenvalue weighted by Gasteiger charge is -2.11. The standard InChI is InChI=1S/C14H23NO2S/c1-4-5-6-17-9-13(16)10-18-14-8-11(2)7-12(3)15-14/h7-8,13,16H,4-6,9-10H2,1-3H3. The van der Waals surface area contributed by atoms with Gasteiger partial charge in [0.15, 0.2) is 0 Å². The number of thioether (sulfide) groups is 1. The minimum Gasteiger partial charge on any atom is -0.390 e. The maximum Gasteiger partial charge on any atom is 0.0966 e. The summed E-state index contributed by atoms with van der Waals surface area (Å²) in [6, 6.07) is 4.09. The molecule has 3 nitrogen and oxygen atoms in total. The van der Waals surface area contributed by atoms with Crippen LogP contribution in [-0.4, -0.2) is 35.2 Å². The third-order valence-corrected chi connectivity index (χ3v) is 3.51. The fourth-order valence-electron chi connectivity index (χ4n) is 1.57. The molecule has 4 heteroatoms. The molecule has 102 valence electrons. The Kier molecular flexibility index (Phi) is 7.32. The van der Waals surface area contributed by atoms with Crippen LogP contribution in [0.5, 0.6) is 0 Å². The third kappa shape index (κ3) is 6.38. The van der Waals surface area contributed by atoms with E-state index in [0.717, 1.165) is 30.2 Å². The Morgan fingerprint density at radius 3 is 2.83 bits per heavy atom. The number of pyridine rings is 1. The van der Waals surface area contributed by atoms with Gasteiger partial charge < -0.3 is 9.84 Å². The number of unbranched alkanes of at least 4 members (excludes halogenated alkanes) is 1. The summed E-state index contributed by atoms with van der Waals surface area (Å²) in [6.45, 7) is 7.32. The summed E-state index contributed by atoms with van der Waals surface area (Å²) in [5.74, 6) is 0.627. The van der Waals surface area contributed by atoms with Gasteiger partial charge in [0.1, 0.15) is 0 Å². The molecule has 0 bridgehead atoms. The Labute approximate surface area is 114 Å². The van der Waals surface area contributed by atoms with Crippen LogP contribution in [0.2, 0.25) is 0 Å². The van der Waals surface area contributed by atoms with Crippen molar-refractivity contribution in [1.82, 2.24) is 4.98 Å². The predicted molar refractivity (Wildman–Crippen MR) is 76.2 cm³/mol. The topological polar surface area (TPSA) is 42.4 Å². The van der Waals surface area contributed by atoms with Gasteiger partial charge in [-0.3, -0.25) is 0 Å². The molecule has 1 heterocycles. The largest absolute Gasteiger partial charge is 0.390 e. The van der Waals surface area contributed by atoms with Crippen LogP contribution >= 0.6 is 11.8 Å². The van der Waals surface area contributed by atoms with E-state index in [1.165, 1.54) is 5.56 Å². The SMILES string of the molecule is CCCCOCC(O)CSc1cc(C)cc(C)n1. The second kappa shape index (κ2) is 8.51. The number of hydrogen-bond acceptors (Lipinski definition) is 4. The Hall–Kier alpha value is -0.580. The molecule has 1 aromatic rings. The Morgan fingerprint density at radius 2 is 2.17 bits per heavy atom. The van der Waals surface area contributed by atoms with Gasteiger partial charge in [-0.25, -0.2) is 4.98 Å². The number of aromatic nitrogens is 1. The van der Waals surface area contributed by atoms with Gasteiger partial charge in [-0.15, -0.1) is 11.8 Å². The number of aliphatic hydroxyl groups excluding tert-OH is 1. The fraction of sp³-hybridized carbons (Fsp3) is 0.643. The van der Waals surface area contributed by atoms with Crippen LogP contribution in [0.15, 0.2) is 17.2 Å².